The van der Waals surface area contributed by atoms with Crippen molar-refractivity contribution in [3.05, 3.63) is 27.5 Å². The summed E-state index contributed by atoms with van der Waals surface area (Å²) in [5.41, 5.74) is 0.573. The van der Waals surface area contributed by atoms with Crippen LogP contribution in [-0.2, 0) is 0 Å². The maximum absolute atomic E-state index is 11.3. The molecule has 2 rings (SSSR count). The van der Waals surface area contributed by atoms with E-state index in [2.05, 4.69) is 30.7 Å². The van der Waals surface area contributed by atoms with Crippen LogP contribution in [0.1, 0.15) is 40.0 Å². The Morgan fingerprint density at radius 1 is 1.45 bits per heavy atom. The number of hydrogen-bond acceptors (Lipinski definition) is 4. The Morgan fingerprint density at radius 2 is 2.15 bits per heavy atom. The molecule has 1 saturated heterocycles. The van der Waals surface area contributed by atoms with Crippen LogP contribution in [0.3, 0.4) is 0 Å². The van der Waals surface area contributed by atoms with E-state index < -0.39 is 4.92 Å². The molecule has 1 atom stereocenters. The van der Waals surface area contributed by atoms with Crippen molar-refractivity contribution in [2.75, 3.05) is 11.4 Å². The Morgan fingerprint density at radius 3 is 2.75 bits per heavy atom. The van der Waals surface area contributed by atoms with Gasteiger partial charge in [0, 0.05) is 18.8 Å². The Hall–Kier alpha value is -1.36. The minimum Gasteiger partial charge on any atom is -0.362 e. The fourth-order valence-corrected chi connectivity index (χ4v) is 3.16. The lowest BCUT2D eigenvalue weighted by Gasteiger charge is -2.44. The molecule has 20 heavy (non-hydrogen) atoms. The monoisotopic (exact) mass is 297 g/mol. The zero-order chi connectivity index (χ0) is 14.9. The third kappa shape index (κ3) is 2.87. The van der Waals surface area contributed by atoms with Crippen LogP contribution in [0.4, 0.5) is 11.4 Å². The SMILES string of the molecule is CC(C)(C)C1CCCCN1c1ccnc(Cl)c1[N+](=O)[O-]. The zero-order valence-corrected chi connectivity index (χ0v) is 12.9. The van der Waals surface area contributed by atoms with Crippen LogP contribution in [0.5, 0.6) is 0 Å². The third-order valence-electron chi connectivity index (χ3n) is 3.85. The molecule has 1 aliphatic heterocycles. The largest absolute Gasteiger partial charge is 0.362 e. The van der Waals surface area contributed by atoms with Gasteiger partial charge in [-0.3, -0.25) is 10.1 Å². The van der Waals surface area contributed by atoms with Gasteiger partial charge in [0.2, 0.25) is 5.15 Å². The van der Waals surface area contributed by atoms with E-state index >= 15 is 0 Å². The molecule has 1 aromatic heterocycles. The van der Waals surface area contributed by atoms with E-state index in [1.165, 1.54) is 0 Å². The van der Waals surface area contributed by atoms with E-state index in [1.54, 1.807) is 12.3 Å². The molecule has 2 heterocycles. The second-order valence-electron chi connectivity index (χ2n) is 6.30. The summed E-state index contributed by atoms with van der Waals surface area (Å²) in [5, 5.41) is 11.3. The molecule has 0 aromatic carbocycles. The van der Waals surface area contributed by atoms with Gasteiger partial charge in [0.15, 0.2) is 0 Å². The number of rotatable bonds is 2. The van der Waals surface area contributed by atoms with Gasteiger partial charge in [-0.15, -0.1) is 0 Å². The summed E-state index contributed by atoms with van der Waals surface area (Å²) in [6.45, 7) is 7.34. The summed E-state index contributed by atoms with van der Waals surface area (Å²) >= 11 is 5.93. The second-order valence-corrected chi connectivity index (χ2v) is 6.66. The quantitative estimate of drug-likeness (QED) is 0.469. The molecule has 110 valence electrons. The van der Waals surface area contributed by atoms with Crippen LogP contribution >= 0.6 is 11.6 Å². The van der Waals surface area contributed by atoms with Crippen molar-refractivity contribution in [3.63, 3.8) is 0 Å². The lowest BCUT2D eigenvalue weighted by molar-refractivity contribution is -0.384. The van der Waals surface area contributed by atoms with E-state index in [4.69, 9.17) is 11.6 Å². The smallest absolute Gasteiger partial charge is 0.329 e. The van der Waals surface area contributed by atoms with Gasteiger partial charge in [0.25, 0.3) is 0 Å². The first-order valence-corrected chi connectivity index (χ1v) is 7.25. The maximum atomic E-state index is 11.3. The highest BCUT2D eigenvalue weighted by atomic mass is 35.5. The number of piperidine rings is 1. The average Bonchev–Trinajstić information content (AvgIpc) is 2.37. The molecule has 0 amide bonds. The zero-order valence-electron chi connectivity index (χ0n) is 12.1. The minimum atomic E-state index is -0.432. The van der Waals surface area contributed by atoms with E-state index in [9.17, 15) is 10.1 Å². The van der Waals surface area contributed by atoms with Crippen LogP contribution in [0.2, 0.25) is 5.15 Å². The van der Waals surface area contributed by atoms with Crippen LogP contribution in [-0.4, -0.2) is 22.5 Å². The van der Waals surface area contributed by atoms with E-state index in [1.807, 2.05) is 0 Å². The fraction of sp³-hybridized carbons (Fsp3) is 0.643. The maximum Gasteiger partial charge on any atom is 0.329 e. The van der Waals surface area contributed by atoms with Gasteiger partial charge in [0.05, 0.1) is 4.92 Å². The molecule has 1 unspecified atom stereocenters. The number of halogens is 1. The number of hydrogen-bond donors (Lipinski definition) is 0. The fourth-order valence-electron chi connectivity index (χ4n) is 2.94. The number of nitrogens with zero attached hydrogens (tertiary/aromatic N) is 3. The van der Waals surface area contributed by atoms with Gasteiger partial charge in [-0.25, -0.2) is 4.98 Å². The summed E-state index contributed by atoms with van der Waals surface area (Å²) in [6, 6.07) is 1.97. The number of aromatic nitrogens is 1. The third-order valence-corrected chi connectivity index (χ3v) is 4.13. The standard InChI is InChI=1S/C14H20ClN3O2/c1-14(2,3)11-6-4-5-9-17(11)10-7-8-16-13(15)12(10)18(19)20/h7-8,11H,4-6,9H2,1-3H3. The molecule has 5 nitrogen and oxygen atoms in total. The van der Waals surface area contributed by atoms with Crippen LogP contribution in [0, 0.1) is 15.5 Å². The van der Waals surface area contributed by atoms with Crippen LogP contribution in [0.15, 0.2) is 12.3 Å². The molecule has 0 spiro atoms. The lowest BCUT2D eigenvalue weighted by Crippen LogP contribution is -2.47. The highest BCUT2D eigenvalue weighted by molar-refractivity contribution is 6.32. The molecule has 0 bridgehead atoms. The van der Waals surface area contributed by atoms with Crippen molar-refractivity contribution >= 4 is 23.0 Å². The van der Waals surface area contributed by atoms with Gasteiger partial charge in [-0.2, -0.15) is 0 Å². The van der Waals surface area contributed by atoms with Gasteiger partial charge in [-0.05, 0) is 30.7 Å². The molecule has 1 aliphatic rings. The Balaban J connectivity index is 2.48. The molecule has 0 radical (unpaired) electrons. The Bertz CT molecular complexity index is 514. The molecule has 0 aliphatic carbocycles. The minimum absolute atomic E-state index is 0.0364. The van der Waals surface area contributed by atoms with E-state index in [-0.39, 0.29) is 22.3 Å². The molecule has 0 N–H and O–H groups in total. The van der Waals surface area contributed by atoms with Crippen LogP contribution < -0.4 is 4.90 Å². The topological polar surface area (TPSA) is 59.3 Å². The van der Waals surface area contributed by atoms with Gasteiger partial charge < -0.3 is 4.90 Å². The van der Waals surface area contributed by atoms with Crippen molar-refractivity contribution in [1.29, 1.82) is 0 Å². The molecular formula is C14H20ClN3O2. The van der Waals surface area contributed by atoms with Crippen molar-refractivity contribution in [2.24, 2.45) is 5.41 Å². The summed E-state index contributed by atoms with van der Waals surface area (Å²) in [5.74, 6) is 0. The number of anilines is 1. The summed E-state index contributed by atoms with van der Waals surface area (Å²) in [4.78, 5) is 16.8. The molecular weight excluding hydrogens is 278 g/mol. The predicted octanol–water partition coefficient (Wildman–Crippen LogP) is 4.05. The molecule has 0 saturated carbocycles. The lowest BCUT2D eigenvalue weighted by atomic mass is 9.80. The van der Waals surface area contributed by atoms with E-state index in [0.717, 1.165) is 25.8 Å². The van der Waals surface area contributed by atoms with Crippen molar-refractivity contribution in [2.45, 2.75) is 46.1 Å². The highest BCUT2D eigenvalue weighted by Crippen LogP contribution is 2.40. The van der Waals surface area contributed by atoms with Crippen molar-refractivity contribution in [1.82, 2.24) is 4.98 Å². The van der Waals surface area contributed by atoms with Gasteiger partial charge in [-0.1, -0.05) is 32.4 Å². The summed E-state index contributed by atoms with van der Waals surface area (Å²) in [6.07, 6.45) is 4.79. The first kappa shape index (κ1) is 15.0. The highest BCUT2D eigenvalue weighted by Gasteiger charge is 2.36. The van der Waals surface area contributed by atoms with Gasteiger partial charge >= 0.3 is 5.69 Å². The van der Waals surface area contributed by atoms with E-state index in [0.29, 0.717) is 5.69 Å². The first-order chi connectivity index (χ1) is 9.32. The summed E-state index contributed by atoms with van der Waals surface area (Å²) in [7, 11) is 0. The predicted molar refractivity (Wildman–Crippen MR) is 80.3 cm³/mol. The Labute approximate surface area is 124 Å². The van der Waals surface area contributed by atoms with Crippen molar-refractivity contribution < 1.29 is 4.92 Å². The van der Waals surface area contributed by atoms with Crippen LogP contribution in [0.25, 0.3) is 0 Å². The number of nitro groups is 1. The Kier molecular flexibility index (Phi) is 4.18. The first-order valence-electron chi connectivity index (χ1n) is 6.88. The number of pyridine rings is 1. The second kappa shape index (κ2) is 5.56. The normalized spacial score (nSPS) is 20.0. The molecule has 1 aromatic rings. The van der Waals surface area contributed by atoms with Crippen molar-refractivity contribution in [3.8, 4) is 0 Å². The summed E-state index contributed by atoms with van der Waals surface area (Å²) < 4.78 is 0. The average molecular weight is 298 g/mol. The molecule has 6 heteroatoms. The van der Waals surface area contributed by atoms with Gasteiger partial charge in [0.1, 0.15) is 5.69 Å². The molecule has 1 fully saturated rings.